The van der Waals surface area contributed by atoms with Gasteiger partial charge in [-0.15, -0.1) is 11.3 Å². The molecule has 1 aromatic carbocycles. The summed E-state index contributed by atoms with van der Waals surface area (Å²) in [6, 6.07) is 7.51. The summed E-state index contributed by atoms with van der Waals surface area (Å²) in [5.74, 6) is 0.507. The first-order chi connectivity index (χ1) is 14.2. The molecule has 158 valence electrons. The van der Waals surface area contributed by atoms with Crippen LogP contribution in [-0.4, -0.2) is 33.5 Å². The van der Waals surface area contributed by atoms with Crippen molar-refractivity contribution < 1.29 is 17.4 Å². The van der Waals surface area contributed by atoms with Gasteiger partial charge >= 0.3 is 6.18 Å². The predicted molar refractivity (Wildman–Crippen MR) is 113 cm³/mol. The third-order valence-electron chi connectivity index (χ3n) is 5.00. The number of anilines is 2. The summed E-state index contributed by atoms with van der Waals surface area (Å²) in [5, 5.41) is 7.88. The smallest absolute Gasteiger partial charge is 0.324 e. The van der Waals surface area contributed by atoms with E-state index in [2.05, 4.69) is 26.7 Å². The van der Waals surface area contributed by atoms with Gasteiger partial charge < -0.3 is 10.6 Å². The maximum Gasteiger partial charge on any atom is 0.420 e. The Labute approximate surface area is 178 Å². The molecule has 2 aromatic heterocycles. The first kappa shape index (κ1) is 21.0. The Morgan fingerprint density at radius 2 is 2.03 bits per heavy atom. The second kappa shape index (κ2) is 8.09. The Hall–Kier alpha value is -2.30. The SMILES string of the molecule is Cc1ccc(C2CNC2)cc1Nc1ncc(C(F)(F)F)c(-c2cc(S(C)=O)cs2)n1. The van der Waals surface area contributed by atoms with Gasteiger partial charge in [0.25, 0.3) is 0 Å². The maximum atomic E-state index is 13.5. The Morgan fingerprint density at radius 1 is 1.27 bits per heavy atom. The van der Waals surface area contributed by atoms with Crippen molar-refractivity contribution in [2.75, 3.05) is 24.7 Å². The summed E-state index contributed by atoms with van der Waals surface area (Å²) in [7, 11) is -1.29. The van der Waals surface area contributed by atoms with Crippen LogP contribution in [0.5, 0.6) is 0 Å². The van der Waals surface area contributed by atoms with Crippen LogP contribution in [0.2, 0.25) is 0 Å². The Kier molecular flexibility index (Phi) is 5.65. The van der Waals surface area contributed by atoms with Gasteiger partial charge in [0.1, 0.15) is 5.56 Å². The van der Waals surface area contributed by atoms with Crippen molar-refractivity contribution in [3.8, 4) is 10.6 Å². The lowest BCUT2D eigenvalue weighted by Gasteiger charge is -2.28. The van der Waals surface area contributed by atoms with E-state index in [1.54, 1.807) is 5.38 Å². The molecule has 3 aromatic rings. The van der Waals surface area contributed by atoms with E-state index >= 15 is 0 Å². The van der Waals surface area contributed by atoms with Gasteiger partial charge in [-0.05, 0) is 30.2 Å². The van der Waals surface area contributed by atoms with E-state index in [4.69, 9.17) is 0 Å². The minimum Gasteiger partial charge on any atom is -0.324 e. The summed E-state index contributed by atoms with van der Waals surface area (Å²) < 4.78 is 52.3. The van der Waals surface area contributed by atoms with Gasteiger partial charge in [0.05, 0.1) is 21.4 Å². The van der Waals surface area contributed by atoms with E-state index in [0.29, 0.717) is 15.7 Å². The second-order valence-electron chi connectivity index (χ2n) is 7.11. The van der Waals surface area contributed by atoms with Crippen LogP contribution in [0, 0.1) is 6.92 Å². The number of thiophene rings is 1. The standard InChI is InChI=1S/C20H19F3N4OS2/c1-11-3-4-12(13-7-24-8-13)5-16(11)26-19-25-9-15(20(21,22)23)18(27-19)17-6-14(10-29-17)30(2)28/h3-6,9-10,13,24H,7-8H2,1-2H3,(H,25,26,27). The molecule has 1 aliphatic heterocycles. The third-order valence-corrected chi connectivity index (χ3v) is 6.98. The molecule has 30 heavy (non-hydrogen) atoms. The third kappa shape index (κ3) is 4.26. The van der Waals surface area contributed by atoms with E-state index in [1.807, 2.05) is 19.1 Å². The first-order valence-corrected chi connectivity index (χ1v) is 11.6. The fourth-order valence-corrected chi connectivity index (χ4v) is 4.92. The van der Waals surface area contributed by atoms with Crippen LogP contribution in [0.1, 0.15) is 22.6 Å². The molecule has 1 saturated heterocycles. The molecule has 1 aliphatic rings. The molecular weight excluding hydrogens is 433 g/mol. The number of benzene rings is 1. The van der Waals surface area contributed by atoms with Gasteiger partial charge in [-0.3, -0.25) is 4.21 Å². The van der Waals surface area contributed by atoms with Crippen LogP contribution in [0.4, 0.5) is 24.8 Å². The molecule has 1 fully saturated rings. The molecule has 0 aliphatic carbocycles. The zero-order valence-corrected chi connectivity index (χ0v) is 17.8. The zero-order valence-electron chi connectivity index (χ0n) is 16.2. The fraction of sp³-hybridized carbons (Fsp3) is 0.300. The number of alkyl halides is 3. The van der Waals surface area contributed by atoms with Gasteiger partial charge in [0.15, 0.2) is 0 Å². The van der Waals surface area contributed by atoms with E-state index in [1.165, 1.54) is 12.3 Å². The normalized spacial score (nSPS) is 15.6. The molecular formula is C20H19F3N4OS2. The van der Waals surface area contributed by atoms with Crippen LogP contribution in [0.25, 0.3) is 10.6 Å². The van der Waals surface area contributed by atoms with Gasteiger partial charge in [-0.2, -0.15) is 13.2 Å². The van der Waals surface area contributed by atoms with Crippen LogP contribution >= 0.6 is 11.3 Å². The summed E-state index contributed by atoms with van der Waals surface area (Å²) >= 11 is 1.08. The monoisotopic (exact) mass is 452 g/mol. The molecule has 10 heteroatoms. The van der Waals surface area contributed by atoms with Crippen molar-refractivity contribution >= 4 is 33.8 Å². The van der Waals surface area contributed by atoms with Crippen molar-refractivity contribution in [1.82, 2.24) is 15.3 Å². The van der Waals surface area contributed by atoms with Gasteiger partial charge in [0.2, 0.25) is 5.95 Å². The van der Waals surface area contributed by atoms with Crippen molar-refractivity contribution in [3.63, 3.8) is 0 Å². The lowest BCUT2D eigenvalue weighted by atomic mass is 9.92. The molecule has 3 heterocycles. The number of aryl methyl sites for hydroxylation is 1. The number of hydrogen-bond donors (Lipinski definition) is 2. The van der Waals surface area contributed by atoms with Gasteiger partial charge in [0, 0.05) is 47.4 Å². The lowest BCUT2D eigenvalue weighted by molar-refractivity contribution is -0.137. The van der Waals surface area contributed by atoms with Crippen LogP contribution in [0.15, 0.2) is 40.7 Å². The average Bonchev–Trinajstić information content (AvgIpc) is 3.12. The highest BCUT2D eigenvalue weighted by atomic mass is 32.2. The van der Waals surface area contributed by atoms with Crippen LogP contribution in [-0.2, 0) is 17.0 Å². The van der Waals surface area contributed by atoms with E-state index in [9.17, 15) is 17.4 Å². The first-order valence-electron chi connectivity index (χ1n) is 9.17. The highest BCUT2D eigenvalue weighted by Gasteiger charge is 2.36. The largest absolute Gasteiger partial charge is 0.420 e. The molecule has 2 N–H and O–H groups in total. The molecule has 0 bridgehead atoms. The number of nitrogens with zero attached hydrogens (tertiary/aromatic N) is 2. The minimum atomic E-state index is -4.60. The predicted octanol–water partition coefficient (Wildman–Crippen LogP) is 4.70. The number of rotatable bonds is 5. The average molecular weight is 453 g/mol. The number of aromatic nitrogens is 2. The molecule has 0 amide bonds. The molecule has 0 saturated carbocycles. The fourth-order valence-electron chi connectivity index (χ4n) is 3.10. The van der Waals surface area contributed by atoms with Crippen molar-refractivity contribution in [3.05, 3.63) is 52.5 Å². The van der Waals surface area contributed by atoms with Crippen LogP contribution in [0.3, 0.4) is 0 Å². The Bertz CT molecular complexity index is 1110. The van der Waals surface area contributed by atoms with Crippen LogP contribution < -0.4 is 10.6 Å². The van der Waals surface area contributed by atoms with Crippen molar-refractivity contribution in [1.29, 1.82) is 0 Å². The second-order valence-corrected chi connectivity index (χ2v) is 9.40. The summed E-state index contributed by atoms with van der Waals surface area (Å²) in [4.78, 5) is 8.85. The Balaban J connectivity index is 1.72. The quantitative estimate of drug-likeness (QED) is 0.587. The molecule has 1 atom stereocenters. The minimum absolute atomic E-state index is 0.0811. The molecule has 0 spiro atoms. The summed E-state index contributed by atoms with van der Waals surface area (Å²) in [6.07, 6.45) is -2.32. The Morgan fingerprint density at radius 3 is 2.63 bits per heavy atom. The van der Waals surface area contributed by atoms with E-state index < -0.39 is 22.5 Å². The highest BCUT2D eigenvalue weighted by Crippen LogP contribution is 2.39. The molecule has 1 unspecified atom stereocenters. The highest BCUT2D eigenvalue weighted by molar-refractivity contribution is 7.84. The van der Waals surface area contributed by atoms with Crippen molar-refractivity contribution in [2.24, 2.45) is 0 Å². The zero-order chi connectivity index (χ0) is 21.5. The van der Waals surface area contributed by atoms with Gasteiger partial charge in [-0.1, -0.05) is 12.1 Å². The van der Waals surface area contributed by atoms with E-state index in [0.717, 1.165) is 47.4 Å². The molecule has 0 radical (unpaired) electrons. The summed E-state index contributed by atoms with van der Waals surface area (Å²) in [6.45, 7) is 3.73. The number of halogens is 3. The maximum absolute atomic E-state index is 13.5. The van der Waals surface area contributed by atoms with Gasteiger partial charge in [-0.25, -0.2) is 9.97 Å². The lowest BCUT2D eigenvalue weighted by Crippen LogP contribution is -2.39. The number of hydrogen-bond acceptors (Lipinski definition) is 6. The summed E-state index contributed by atoms with van der Waals surface area (Å²) in [5.41, 5.74) is 1.71. The topological polar surface area (TPSA) is 66.9 Å². The van der Waals surface area contributed by atoms with E-state index in [-0.39, 0.29) is 11.6 Å². The molecule has 5 nitrogen and oxygen atoms in total. The van der Waals surface area contributed by atoms with Crippen molar-refractivity contribution in [2.45, 2.75) is 23.9 Å². The molecule has 4 rings (SSSR count). The number of nitrogens with one attached hydrogen (secondary N) is 2.